The molecule has 0 unspecified atom stereocenters. The maximum absolute atomic E-state index is 12.8. The van der Waals surface area contributed by atoms with Gasteiger partial charge < -0.3 is 9.64 Å². The van der Waals surface area contributed by atoms with E-state index < -0.39 is 10.0 Å². The monoisotopic (exact) mass is 440 g/mol. The summed E-state index contributed by atoms with van der Waals surface area (Å²) in [4.78, 5) is 14.3. The molecule has 2 aromatic carbocycles. The molecule has 2 aromatic rings. The second-order valence-corrected chi connectivity index (χ2v) is 8.88. The zero-order valence-corrected chi connectivity index (χ0v) is 17.5. The fraction of sp³-hybridized carbons (Fsp3) is 0.278. The van der Waals surface area contributed by atoms with E-state index in [1.807, 2.05) is 24.3 Å². The highest BCUT2D eigenvalue weighted by Crippen LogP contribution is 2.26. The van der Waals surface area contributed by atoms with Crippen LogP contribution in [-0.2, 0) is 16.6 Å². The first-order valence-corrected chi connectivity index (χ1v) is 10.0. The first-order valence-electron chi connectivity index (χ1n) is 7.78. The second kappa shape index (κ2) is 8.20. The molecule has 0 saturated carbocycles. The number of para-hydroxylation sites is 1. The van der Waals surface area contributed by atoms with Gasteiger partial charge in [-0.05, 0) is 40.2 Å². The molecule has 0 aliphatic carbocycles. The molecule has 0 atom stereocenters. The van der Waals surface area contributed by atoms with Gasteiger partial charge in [-0.1, -0.05) is 18.2 Å². The Hall–Kier alpha value is -1.90. The minimum Gasteiger partial charge on any atom is -0.496 e. The Morgan fingerprint density at radius 3 is 2.38 bits per heavy atom. The maximum Gasteiger partial charge on any atom is 0.253 e. The number of nitrogens with zero attached hydrogens (tertiary/aromatic N) is 2. The van der Waals surface area contributed by atoms with Gasteiger partial charge in [-0.25, -0.2) is 12.7 Å². The van der Waals surface area contributed by atoms with Crippen LogP contribution >= 0.6 is 15.9 Å². The molecule has 0 aliphatic rings. The lowest BCUT2D eigenvalue weighted by Crippen LogP contribution is -2.27. The van der Waals surface area contributed by atoms with Crippen LogP contribution in [0.3, 0.4) is 0 Å². The molecule has 0 aromatic heterocycles. The molecule has 8 heteroatoms. The molecule has 0 aliphatic heterocycles. The number of rotatable bonds is 6. The summed E-state index contributed by atoms with van der Waals surface area (Å²) in [7, 11) is 2.47. The number of methoxy groups -OCH3 is 1. The maximum atomic E-state index is 12.8. The number of benzene rings is 2. The van der Waals surface area contributed by atoms with Crippen LogP contribution in [0.15, 0.2) is 51.8 Å². The lowest BCUT2D eigenvalue weighted by atomic mass is 10.1. The van der Waals surface area contributed by atoms with Crippen molar-refractivity contribution in [3.8, 4) is 5.75 Å². The third kappa shape index (κ3) is 4.25. The molecule has 0 heterocycles. The largest absolute Gasteiger partial charge is 0.496 e. The van der Waals surface area contributed by atoms with E-state index in [0.29, 0.717) is 22.3 Å². The highest BCUT2D eigenvalue weighted by molar-refractivity contribution is 9.10. The van der Waals surface area contributed by atoms with Gasteiger partial charge in [0.25, 0.3) is 5.91 Å². The number of amides is 1. The number of carbonyl (C=O) groups is 1. The second-order valence-electron chi connectivity index (χ2n) is 5.91. The number of carbonyl (C=O) groups excluding carboxylic acids is 1. The Morgan fingerprint density at radius 1 is 1.12 bits per heavy atom. The van der Waals surface area contributed by atoms with Crippen molar-refractivity contribution < 1.29 is 17.9 Å². The molecule has 0 spiro atoms. The van der Waals surface area contributed by atoms with E-state index in [1.54, 1.807) is 26.3 Å². The van der Waals surface area contributed by atoms with Gasteiger partial charge in [-0.3, -0.25) is 4.79 Å². The van der Waals surface area contributed by atoms with Crippen molar-refractivity contribution >= 4 is 31.9 Å². The van der Waals surface area contributed by atoms with Crippen molar-refractivity contribution in [1.82, 2.24) is 9.21 Å². The molecule has 140 valence electrons. The normalized spacial score (nSPS) is 11.5. The van der Waals surface area contributed by atoms with E-state index in [9.17, 15) is 13.2 Å². The summed E-state index contributed by atoms with van der Waals surface area (Å²) in [6, 6.07) is 12.0. The Labute approximate surface area is 162 Å². The van der Waals surface area contributed by atoms with Gasteiger partial charge in [0.1, 0.15) is 5.75 Å². The average molecular weight is 441 g/mol. The van der Waals surface area contributed by atoms with Crippen LogP contribution in [-0.4, -0.2) is 51.8 Å². The molecular weight excluding hydrogens is 420 g/mol. The van der Waals surface area contributed by atoms with Crippen LogP contribution in [0.4, 0.5) is 0 Å². The molecule has 0 N–H and O–H groups in total. The zero-order chi connectivity index (χ0) is 19.5. The Bertz CT molecular complexity index is 913. The Kier molecular flexibility index (Phi) is 6.44. The first-order chi connectivity index (χ1) is 12.2. The number of ether oxygens (including phenoxy) is 1. The molecule has 0 bridgehead atoms. The van der Waals surface area contributed by atoms with Crippen molar-refractivity contribution in [2.45, 2.75) is 11.4 Å². The molecule has 6 nitrogen and oxygen atoms in total. The molecule has 1 amide bonds. The van der Waals surface area contributed by atoms with Crippen molar-refractivity contribution in [3.63, 3.8) is 0 Å². The van der Waals surface area contributed by atoms with Crippen LogP contribution in [0.1, 0.15) is 15.9 Å². The van der Waals surface area contributed by atoms with Crippen LogP contribution in [0, 0.1) is 0 Å². The van der Waals surface area contributed by atoms with E-state index in [-0.39, 0.29) is 10.8 Å². The van der Waals surface area contributed by atoms with Crippen LogP contribution in [0.2, 0.25) is 0 Å². The van der Waals surface area contributed by atoms with Crippen molar-refractivity contribution in [2.75, 3.05) is 28.3 Å². The lowest BCUT2D eigenvalue weighted by molar-refractivity contribution is 0.0784. The van der Waals surface area contributed by atoms with E-state index in [0.717, 1.165) is 9.87 Å². The molecule has 0 radical (unpaired) electrons. The van der Waals surface area contributed by atoms with Gasteiger partial charge in [0.05, 0.1) is 12.0 Å². The van der Waals surface area contributed by atoms with Gasteiger partial charge >= 0.3 is 0 Å². The zero-order valence-electron chi connectivity index (χ0n) is 15.1. The van der Waals surface area contributed by atoms with Gasteiger partial charge in [0.15, 0.2) is 0 Å². The standard InChI is InChI=1S/C18H21BrN2O4S/c1-20(2)26(23,24)17-11-13(9-10-15(17)19)18(22)21(3)12-14-7-5-6-8-16(14)25-4/h5-11H,12H2,1-4H3. The van der Waals surface area contributed by atoms with Crippen molar-refractivity contribution in [1.29, 1.82) is 0 Å². The summed E-state index contributed by atoms with van der Waals surface area (Å²) in [5.41, 5.74) is 1.16. The van der Waals surface area contributed by atoms with Crippen LogP contribution in [0.25, 0.3) is 0 Å². The predicted octanol–water partition coefficient (Wildman–Crippen LogP) is 2.98. The minimum absolute atomic E-state index is 0.0547. The van der Waals surface area contributed by atoms with E-state index in [1.165, 1.54) is 25.1 Å². The number of hydrogen-bond donors (Lipinski definition) is 0. The molecule has 2 rings (SSSR count). The number of sulfonamides is 1. The number of hydrogen-bond acceptors (Lipinski definition) is 4. The van der Waals surface area contributed by atoms with Crippen LogP contribution < -0.4 is 4.74 Å². The molecule has 0 fully saturated rings. The fourth-order valence-corrected chi connectivity index (χ4v) is 4.26. The third-order valence-corrected chi connectivity index (χ3v) is 6.69. The van der Waals surface area contributed by atoms with Gasteiger partial charge in [0.2, 0.25) is 10.0 Å². The lowest BCUT2D eigenvalue weighted by Gasteiger charge is -2.20. The quantitative estimate of drug-likeness (QED) is 0.692. The molecule has 26 heavy (non-hydrogen) atoms. The summed E-state index contributed by atoms with van der Waals surface area (Å²) in [5, 5.41) is 0. The van der Waals surface area contributed by atoms with E-state index >= 15 is 0 Å². The average Bonchev–Trinajstić information content (AvgIpc) is 2.61. The van der Waals surface area contributed by atoms with E-state index in [4.69, 9.17) is 4.74 Å². The van der Waals surface area contributed by atoms with Gasteiger partial charge in [-0.15, -0.1) is 0 Å². The topological polar surface area (TPSA) is 66.9 Å². The molecular formula is C18H21BrN2O4S. The highest BCUT2D eigenvalue weighted by Gasteiger charge is 2.23. The highest BCUT2D eigenvalue weighted by atomic mass is 79.9. The summed E-state index contributed by atoms with van der Waals surface area (Å²) in [6.45, 7) is 0.342. The summed E-state index contributed by atoms with van der Waals surface area (Å²) < 4.78 is 31.7. The molecule has 0 saturated heterocycles. The smallest absolute Gasteiger partial charge is 0.253 e. The summed E-state index contributed by atoms with van der Waals surface area (Å²) in [5.74, 6) is 0.414. The Balaban J connectivity index is 2.32. The van der Waals surface area contributed by atoms with Crippen molar-refractivity contribution in [3.05, 3.63) is 58.1 Å². The van der Waals surface area contributed by atoms with Crippen LogP contribution in [0.5, 0.6) is 5.75 Å². The fourth-order valence-electron chi connectivity index (χ4n) is 2.41. The third-order valence-electron chi connectivity index (χ3n) is 3.88. The van der Waals surface area contributed by atoms with Crippen molar-refractivity contribution in [2.24, 2.45) is 0 Å². The van der Waals surface area contributed by atoms with Gasteiger partial charge in [0, 0.05) is 43.3 Å². The summed E-state index contributed by atoms with van der Waals surface area (Å²) >= 11 is 3.25. The predicted molar refractivity (Wildman–Crippen MR) is 104 cm³/mol. The van der Waals surface area contributed by atoms with Gasteiger partial charge in [-0.2, -0.15) is 0 Å². The summed E-state index contributed by atoms with van der Waals surface area (Å²) in [6.07, 6.45) is 0. The number of halogens is 1. The first kappa shape index (κ1) is 20.4. The minimum atomic E-state index is -3.66. The van der Waals surface area contributed by atoms with E-state index in [2.05, 4.69) is 15.9 Å². The SMILES string of the molecule is COc1ccccc1CN(C)C(=O)c1ccc(Br)c(S(=O)(=O)N(C)C)c1. The Morgan fingerprint density at radius 2 is 1.77 bits per heavy atom.